The maximum Gasteiger partial charge on any atom is 0.0449 e. The van der Waals surface area contributed by atoms with Gasteiger partial charge < -0.3 is 5.32 Å². The molecule has 0 aliphatic heterocycles. The van der Waals surface area contributed by atoms with E-state index in [0.717, 1.165) is 13.1 Å². The van der Waals surface area contributed by atoms with Crippen molar-refractivity contribution in [3.05, 3.63) is 46.7 Å². The van der Waals surface area contributed by atoms with E-state index in [1.807, 2.05) is 22.7 Å². The lowest BCUT2D eigenvalue weighted by Gasteiger charge is -1.96. The molecule has 0 atom stereocenters. The molecule has 0 saturated carbocycles. The first kappa shape index (κ1) is 13.1. The lowest BCUT2D eigenvalue weighted by Crippen LogP contribution is -2.10. The number of hydrogen-bond donors (Lipinski definition) is 1. The van der Waals surface area contributed by atoms with Gasteiger partial charge in [0.1, 0.15) is 0 Å². The summed E-state index contributed by atoms with van der Waals surface area (Å²) in [6.07, 6.45) is 0. The van der Waals surface area contributed by atoms with Crippen molar-refractivity contribution in [2.45, 2.75) is 13.5 Å². The fourth-order valence-electron chi connectivity index (χ4n) is 1.88. The second-order valence-electron chi connectivity index (χ2n) is 4.19. The fourth-order valence-corrected chi connectivity index (χ4v) is 4.78. The number of thiophene rings is 3. The van der Waals surface area contributed by atoms with Crippen LogP contribution in [0.15, 0.2) is 41.8 Å². The Morgan fingerprint density at radius 3 is 2.37 bits per heavy atom. The van der Waals surface area contributed by atoms with E-state index in [1.165, 1.54) is 24.4 Å². The van der Waals surface area contributed by atoms with E-state index >= 15 is 0 Å². The van der Waals surface area contributed by atoms with Crippen LogP contribution in [0.2, 0.25) is 0 Å². The lowest BCUT2D eigenvalue weighted by atomic mass is 10.3. The zero-order chi connectivity index (χ0) is 13.1. The van der Waals surface area contributed by atoms with Crippen molar-refractivity contribution in [2.24, 2.45) is 0 Å². The highest BCUT2D eigenvalue weighted by Crippen LogP contribution is 2.38. The topological polar surface area (TPSA) is 12.0 Å². The number of nitrogens with one attached hydrogen (secondary N) is 1. The normalized spacial score (nSPS) is 11.0. The molecule has 1 nitrogen and oxygen atoms in total. The van der Waals surface area contributed by atoms with Crippen molar-refractivity contribution in [1.29, 1.82) is 0 Å². The van der Waals surface area contributed by atoms with Crippen molar-refractivity contribution in [3.63, 3.8) is 0 Å². The van der Waals surface area contributed by atoms with Gasteiger partial charge in [-0.3, -0.25) is 0 Å². The molecule has 3 aromatic heterocycles. The maximum atomic E-state index is 3.37. The Balaban J connectivity index is 1.81. The summed E-state index contributed by atoms with van der Waals surface area (Å²) in [5.41, 5.74) is 0. The number of hydrogen-bond acceptors (Lipinski definition) is 4. The Kier molecular flexibility index (Phi) is 4.13. The van der Waals surface area contributed by atoms with E-state index in [0.29, 0.717) is 0 Å². The molecule has 98 valence electrons. The van der Waals surface area contributed by atoms with Crippen LogP contribution in [0.3, 0.4) is 0 Å². The summed E-state index contributed by atoms with van der Waals surface area (Å²) in [7, 11) is 0. The second kappa shape index (κ2) is 6.01. The van der Waals surface area contributed by atoms with Gasteiger partial charge in [0.2, 0.25) is 0 Å². The molecule has 19 heavy (non-hydrogen) atoms. The van der Waals surface area contributed by atoms with Crippen LogP contribution in [0.25, 0.3) is 19.5 Å². The smallest absolute Gasteiger partial charge is 0.0449 e. The van der Waals surface area contributed by atoms with Crippen molar-refractivity contribution >= 4 is 34.0 Å². The van der Waals surface area contributed by atoms with Crippen LogP contribution in [-0.4, -0.2) is 6.54 Å². The largest absolute Gasteiger partial charge is 0.312 e. The highest BCUT2D eigenvalue weighted by molar-refractivity contribution is 7.26. The van der Waals surface area contributed by atoms with Crippen LogP contribution in [0.5, 0.6) is 0 Å². The van der Waals surface area contributed by atoms with E-state index in [4.69, 9.17) is 0 Å². The van der Waals surface area contributed by atoms with Crippen LogP contribution in [0, 0.1) is 0 Å². The molecule has 0 aliphatic carbocycles. The summed E-state index contributed by atoms with van der Waals surface area (Å²) in [6.45, 7) is 4.14. The minimum Gasteiger partial charge on any atom is -0.312 e. The Hall–Kier alpha value is -0.940. The van der Waals surface area contributed by atoms with Crippen LogP contribution in [-0.2, 0) is 6.54 Å². The molecule has 1 N–H and O–H groups in total. The monoisotopic (exact) mass is 305 g/mol. The van der Waals surface area contributed by atoms with Crippen molar-refractivity contribution in [2.75, 3.05) is 6.54 Å². The first-order chi connectivity index (χ1) is 9.36. The van der Waals surface area contributed by atoms with E-state index < -0.39 is 0 Å². The second-order valence-corrected chi connectivity index (χ2v) is 7.39. The van der Waals surface area contributed by atoms with Crippen molar-refractivity contribution in [1.82, 2.24) is 5.32 Å². The van der Waals surface area contributed by atoms with Gasteiger partial charge in [0.25, 0.3) is 0 Å². The quantitative estimate of drug-likeness (QED) is 0.673. The van der Waals surface area contributed by atoms with E-state index in [-0.39, 0.29) is 0 Å². The first-order valence-corrected chi connectivity index (χ1v) is 8.81. The fraction of sp³-hybridized carbons (Fsp3) is 0.200. The SMILES string of the molecule is CCNCc1ccc(-c2ccc(-c3cccs3)s2)s1. The standard InChI is InChI=1S/C15H15NS3/c1-2-16-10-11-5-6-14(18-11)15-8-7-13(19-15)12-4-3-9-17-12/h3-9,16H,2,10H2,1H3. The molecule has 4 heteroatoms. The third-order valence-corrected chi connectivity index (χ3v) is 6.26. The van der Waals surface area contributed by atoms with Crippen molar-refractivity contribution < 1.29 is 0 Å². The third-order valence-electron chi connectivity index (χ3n) is 2.82. The molecule has 3 rings (SSSR count). The summed E-state index contributed by atoms with van der Waals surface area (Å²) in [4.78, 5) is 6.88. The predicted octanol–water partition coefficient (Wildman–Crippen LogP) is 5.31. The molecule has 0 saturated heterocycles. The third kappa shape index (κ3) is 2.98. The van der Waals surface area contributed by atoms with Crippen LogP contribution >= 0.6 is 34.0 Å². The molecule has 0 amide bonds. The summed E-state index contributed by atoms with van der Waals surface area (Å²) < 4.78 is 0. The van der Waals surface area contributed by atoms with E-state index in [9.17, 15) is 0 Å². The zero-order valence-corrected chi connectivity index (χ0v) is 13.1. The average molecular weight is 305 g/mol. The Bertz CT molecular complexity index is 634. The number of rotatable bonds is 5. The van der Waals surface area contributed by atoms with Crippen molar-refractivity contribution in [3.8, 4) is 19.5 Å². The molecule has 0 spiro atoms. The summed E-state index contributed by atoms with van der Waals surface area (Å²) >= 11 is 5.57. The molecule has 0 aromatic carbocycles. The van der Waals surface area contributed by atoms with Crippen LogP contribution in [0.4, 0.5) is 0 Å². The Morgan fingerprint density at radius 2 is 1.63 bits per heavy atom. The molecule has 3 heterocycles. The minimum atomic E-state index is 0.977. The molecule has 0 radical (unpaired) electrons. The predicted molar refractivity (Wildman–Crippen MR) is 88.3 cm³/mol. The molecule has 0 fully saturated rings. The van der Waals surface area contributed by atoms with Gasteiger partial charge in [0.05, 0.1) is 0 Å². The summed E-state index contributed by atoms with van der Waals surface area (Å²) in [6, 6.07) is 13.2. The zero-order valence-electron chi connectivity index (χ0n) is 10.7. The van der Waals surface area contributed by atoms with Crippen LogP contribution < -0.4 is 5.32 Å². The van der Waals surface area contributed by atoms with Crippen LogP contribution in [0.1, 0.15) is 11.8 Å². The molecule has 0 unspecified atom stereocenters. The van der Waals surface area contributed by atoms with Gasteiger partial charge in [0, 0.05) is 30.9 Å². The minimum absolute atomic E-state index is 0.977. The molecular formula is C15H15NS3. The molecule has 3 aromatic rings. The van der Waals surface area contributed by atoms with Gasteiger partial charge in [-0.2, -0.15) is 0 Å². The van der Waals surface area contributed by atoms with Gasteiger partial charge in [-0.25, -0.2) is 0 Å². The first-order valence-electron chi connectivity index (χ1n) is 6.30. The van der Waals surface area contributed by atoms with E-state index in [1.54, 1.807) is 11.3 Å². The van der Waals surface area contributed by atoms with E-state index in [2.05, 4.69) is 54.0 Å². The highest BCUT2D eigenvalue weighted by Gasteiger charge is 2.08. The van der Waals surface area contributed by atoms with Gasteiger partial charge in [-0.15, -0.1) is 34.0 Å². The summed E-state index contributed by atoms with van der Waals surface area (Å²) in [5.74, 6) is 0. The Morgan fingerprint density at radius 1 is 0.895 bits per heavy atom. The molecule has 0 bridgehead atoms. The van der Waals surface area contributed by atoms with Gasteiger partial charge in [0.15, 0.2) is 0 Å². The van der Waals surface area contributed by atoms with Gasteiger partial charge in [-0.05, 0) is 42.3 Å². The highest BCUT2D eigenvalue weighted by atomic mass is 32.1. The van der Waals surface area contributed by atoms with Gasteiger partial charge in [-0.1, -0.05) is 13.0 Å². The van der Waals surface area contributed by atoms with Gasteiger partial charge >= 0.3 is 0 Å². The molecular weight excluding hydrogens is 290 g/mol. The summed E-state index contributed by atoms with van der Waals surface area (Å²) in [5, 5.41) is 5.51. The average Bonchev–Trinajstić information content (AvgIpc) is 3.14. The molecule has 0 aliphatic rings. The lowest BCUT2D eigenvalue weighted by molar-refractivity contribution is 0.735. The Labute approximate surface area is 125 Å². The maximum absolute atomic E-state index is 3.37.